The molecule has 1 aromatic heterocycles. The Hall–Kier alpha value is -3.77. The molecule has 158 valence electrons. The maximum atomic E-state index is 6.16. The second-order valence-electron chi connectivity index (χ2n) is 7.35. The Labute approximate surface area is 190 Å². The molecule has 1 N–H and O–H groups in total. The van der Waals surface area contributed by atoms with Crippen LogP contribution in [0.3, 0.4) is 0 Å². The molecule has 0 saturated heterocycles. The second kappa shape index (κ2) is 8.77. The molecule has 32 heavy (non-hydrogen) atoms. The summed E-state index contributed by atoms with van der Waals surface area (Å²) in [5.41, 5.74) is 5.54. The minimum Gasteiger partial charge on any atom is -0.322 e. The molecule has 7 heteroatoms. The first-order valence-electron chi connectivity index (χ1n) is 10.5. The van der Waals surface area contributed by atoms with Crippen molar-refractivity contribution in [3.8, 4) is 17.1 Å². The molecular weight excluding hydrogens is 420 g/mol. The number of halogens is 1. The third kappa shape index (κ3) is 3.92. The van der Waals surface area contributed by atoms with E-state index in [1.54, 1.807) is 18.5 Å². The third-order valence-electron chi connectivity index (χ3n) is 5.10. The smallest absolute Gasteiger partial charge is 0.227 e. The molecule has 1 aliphatic carbocycles. The van der Waals surface area contributed by atoms with Crippen LogP contribution in [0.2, 0.25) is 5.02 Å². The third-order valence-corrected chi connectivity index (χ3v) is 5.35. The summed E-state index contributed by atoms with van der Waals surface area (Å²) >= 11 is 6.16. The van der Waals surface area contributed by atoms with Gasteiger partial charge in [-0.2, -0.15) is 0 Å². The summed E-state index contributed by atoms with van der Waals surface area (Å²) in [5, 5.41) is 4.84. The monoisotopic (exact) mass is 440 g/mol. The zero-order valence-corrected chi connectivity index (χ0v) is 18.3. The number of benzene rings is 3. The van der Waals surface area contributed by atoms with Crippen LogP contribution < -0.4 is 10.7 Å². The van der Waals surface area contributed by atoms with E-state index < -0.39 is 0 Å². The van der Waals surface area contributed by atoms with Gasteiger partial charge in [0.25, 0.3) is 0 Å². The summed E-state index contributed by atoms with van der Waals surface area (Å²) in [5.74, 6) is 0.520. The Kier molecular flexibility index (Phi) is 5.52. The Morgan fingerprint density at radius 1 is 0.969 bits per heavy atom. The van der Waals surface area contributed by atoms with Gasteiger partial charge >= 0.3 is 0 Å². The van der Waals surface area contributed by atoms with E-state index in [9.17, 15) is 0 Å². The minimum atomic E-state index is 0.520. The molecule has 0 radical (unpaired) electrons. The van der Waals surface area contributed by atoms with E-state index in [1.165, 1.54) is 0 Å². The van der Waals surface area contributed by atoms with E-state index in [0.29, 0.717) is 11.0 Å². The number of anilines is 2. The van der Waals surface area contributed by atoms with Crippen LogP contribution in [0, 0.1) is 0 Å². The van der Waals surface area contributed by atoms with Gasteiger partial charge in [-0.25, -0.2) is 15.0 Å². The first-order valence-corrected chi connectivity index (χ1v) is 10.9. The molecule has 2 aliphatic rings. The number of nitrogens with one attached hydrogen (secondary N) is 1. The summed E-state index contributed by atoms with van der Waals surface area (Å²) in [7, 11) is 0. The van der Waals surface area contributed by atoms with Crippen molar-refractivity contribution in [1.29, 1.82) is 0 Å². The Balaban J connectivity index is 1.81. The van der Waals surface area contributed by atoms with E-state index >= 15 is 0 Å². The van der Waals surface area contributed by atoms with Gasteiger partial charge in [0.05, 0.1) is 33.5 Å². The number of hydrogen-bond donors (Lipinski definition) is 1. The van der Waals surface area contributed by atoms with Crippen molar-refractivity contribution in [3.05, 3.63) is 89.5 Å². The minimum absolute atomic E-state index is 0.520. The number of hydrogen-bond acceptors (Lipinski definition) is 5. The molecule has 6 nitrogen and oxygen atoms in total. The number of para-hydroxylation sites is 2. The van der Waals surface area contributed by atoms with Gasteiger partial charge in [-0.1, -0.05) is 30.7 Å². The van der Waals surface area contributed by atoms with Crippen LogP contribution in [0.5, 0.6) is 0 Å². The molecular formula is C25H21ClN6. The van der Waals surface area contributed by atoms with Gasteiger partial charge in [0.1, 0.15) is 0 Å². The topological polar surface area (TPSA) is 68.0 Å². The average Bonchev–Trinajstić information content (AvgIpc) is 2.83. The largest absolute Gasteiger partial charge is 0.322 e. The maximum Gasteiger partial charge on any atom is 0.227 e. The van der Waals surface area contributed by atoms with Gasteiger partial charge in [0, 0.05) is 29.6 Å². The molecule has 0 unspecified atom stereocenters. The van der Waals surface area contributed by atoms with Gasteiger partial charge in [-0.15, -0.1) is 0 Å². The summed E-state index contributed by atoms with van der Waals surface area (Å²) in [6.45, 7) is 2.83. The van der Waals surface area contributed by atoms with Crippen LogP contribution in [-0.2, 0) is 0 Å². The van der Waals surface area contributed by atoms with Crippen molar-refractivity contribution in [2.75, 3.05) is 11.9 Å². The van der Waals surface area contributed by atoms with Gasteiger partial charge in [0.2, 0.25) is 5.95 Å². The van der Waals surface area contributed by atoms with E-state index in [2.05, 4.69) is 38.9 Å². The van der Waals surface area contributed by atoms with E-state index in [1.807, 2.05) is 48.5 Å². The molecule has 5 rings (SSSR count). The van der Waals surface area contributed by atoms with Crippen LogP contribution in [0.4, 0.5) is 11.6 Å². The zero-order chi connectivity index (χ0) is 21.9. The lowest BCUT2D eigenvalue weighted by atomic mass is 10.1. The first kappa shape index (κ1) is 20.2. The first-order chi connectivity index (χ1) is 15.7. The quantitative estimate of drug-likeness (QED) is 0.360. The molecule has 0 saturated carbocycles. The molecule has 0 bridgehead atoms. The second-order valence-corrected chi connectivity index (χ2v) is 7.79. The highest BCUT2D eigenvalue weighted by atomic mass is 35.5. The average molecular weight is 441 g/mol. The molecule has 2 aromatic carbocycles. The Morgan fingerprint density at radius 3 is 2.53 bits per heavy atom. The van der Waals surface area contributed by atoms with Gasteiger partial charge in [-0.05, 0) is 61.0 Å². The highest BCUT2D eigenvalue weighted by Crippen LogP contribution is 2.30. The maximum absolute atomic E-state index is 6.16. The van der Waals surface area contributed by atoms with Crippen molar-refractivity contribution >= 4 is 34.3 Å². The van der Waals surface area contributed by atoms with E-state index in [0.717, 1.165) is 52.1 Å². The number of nitrogens with zero attached hydrogens (tertiary/aromatic N) is 5. The van der Waals surface area contributed by atoms with Crippen LogP contribution >= 0.6 is 11.6 Å². The predicted octanol–water partition coefficient (Wildman–Crippen LogP) is 5.63. The summed E-state index contributed by atoms with van der Waals surface area (Å²) in [6, 6.07) is 21.8. The highest BCUT2D eigenvalue weighted by Gasteiger charge is 2.16. The summed E-state index contributed by atoms with van der Waals surface area (Å²) in [6.07, 6.45) is 4.37. The Bertz CT molecular complexity index is 1410. The lowest BCUT2D eigenvalue weighted by Gasteiger charge is -2.20. The lowest BCUT2D eigenvalue weighted by molar-refractivity contribution is 0.902. The predicted molar refractivity (Wildman–Crippen MR) is 129 cm³/mol. The van der Waals surface area contributed by atoms with Crippen molar-refractivity contribution < 1.29 is 0 Å². The fourth-order valence-corrected chi connectivity index (χ4v) is 3.78. The standard InChI is InChI=1S/C25H21ClN6/c1-2-12-27-20-16-24-22(15-21(20)31-25-28-13-5-14-29-25)30-19-6-3-4-7-23(19)32(24)18-10-8-17(26)9-11-18/h3-11,13-16H,2,12H2,1H3,(H,28,29,31). The molecule has 0 amide bonds. The molecule has 2 heterocycles. The molecule has 0 spiro atoms. The molecule has 3 aromatic rings. The molecule has 0 atom stereocenters. The van der Waals surface area contributed by atoms with Crippen LogP contribution in [0.25, 0.3) is 28.1 Å². The molecule has 0 fully saturated rings. The van der Waals surface area contributed by atoms with Crippen LogP contribution in [0.1, 0.15) is 13.3 Å². The zero-order valence-electron chi connectivity index (χ0n) is 17.5. The summed E-state index contributed by atoms with van der Waals surface area (Å²) in [4.78, 5) is 18.3. The highest BCUT2D eigenvalue weighted by molar-refractivity contribution is 6.30. The number of aromatic nitrogens is 4. The van der Waals surface area contributed by atoms with E-state index in [4.69, 9.17) is 21.6 Å². The fraction of sp³-hybridized carbons (Fsp3) is 0.120. The van der Waals surface area contributed by atoms with Crippen LogP contribution in [-0.4, -0.2) is 26.1 Å². The van der Waals surface area contributed by atoms with E-state index in [-0.39, 0.29) is 0 Å². The number of fused-ring (bicyclic) bond motifs is 2. The fourth-order valence-electron chi connectivity index (χ4n) is 3.66. The van der Waals surface area contributed by atoms with Crippen molar-refractivity contribution in [2.45, 2.75) is 13.3 Å². The lowest BCUT2D eigenvalue weighted by Crippen LogP contribution is -2.16. The Morgan fingerprint density at radius 2 is 1.75 bits per heavy atom. The molecule has 1 aliphatic heterocycles. The SMILES string of the molecule is CCCN=c1cc2n(-c3ccc(Cl)cc3)c3ccccc3nc-2cc1Nc1ncccn1. The van der Waals surface area contributed by atoms with Crippen molar-refractivity contribution in [1.82, 2.24) is 19.5 Å². The normalized spacial score (nSPS) is 11.9. The van der Waals surface area contributed by atoms with Gasteiger partial charge in [0.15, 0.2) is 0 Å². The van der Waals surface area contributed by atoms with Crippen molar-refractivity contribution in [2.24, 2.45) is 4.99 Å². The van der Waals surface area contributed by atoms with Gasteiger partial charge in [-0.3, -0.25) is 4.99 Å². The summed E-state index contributed by atoms with van der Waals surface area (Å²) < 4.78 is 2.20. The van der Waals surface area contributed by atoms with Crippen LogP contribution in [0.15, 0.2) is 84.1 Å². The number of rotatable bonds is 5. The van der Waals surface area contributed by atoms with Crippen molar-refractivity contribution in [3.63, 3.8) is 0 Å². The van der Waals surface area contributed by atoms with Gasteiger partial charge < -0.3 is 9.88 Å².